The molecule has 3 atom stereocenters. The van der Waals surface area contributed by atoms with E-state index in [1.807, 2.05) is 0 Å². The molecule has 0 aromatic heterocycles. The molecule has 4 N–H and O–H groups in total. The van der Waals surface area contributed by atoms with Crippen molar-refractivity contribution < 1.29 is 42.2 Å². The molecule has 1 saturated heterocycles. The highest BCUT2D eigenvalue weighted by Crippen LogP contribution is 2.26. The van der Waals surface area contributed by atoms with Gasteiger partial charge in [0.15, 0.2) is 17.0 Å². The average Bonchev–Trinajstić information content (AvgIpc) is 3.43. The lowest BCUT2D eigenvalue weighted by Gasteiger charge is -2.27. The van der Waals surface area contributed by atoms with Crippen molar-refractivity contribution in [3.63, 3.8) is 0 Å². The molecule has 0 unspecified atom stereocenters. The van der Waals surface area contributed by atoms with Gasteiger partial charge in [-0.3, -0.25) is 9.59 Å². The first-order chi connectivity index (χ1) is 21.0. The maximum Gasteiger partial charge on any atom is 0.407 e. The summed E-state index contributed by atoms with van der Waals surface area (Å²) < 4.78 is 47.1. The van der Waals surface area contributed by atoms with Crippen LogP contribution in [0.2, 0.25) is 0 Å². The molecular weight excluding hydrogens is 613 g/mol. The van der Waals surface area contributed by atoms with Gasteiger partial charge in [0.05, 0.1) is 0 Å². The minimum absolute atomic E-state index is 0.133. The molecule has 1 fully saturated rings. The molecule has 1 aliphatic heterocycles. The number of amides is 3. The topological polar surface area (TPSA) is 137 Å². The second kappa shape index (κ2) is 15.4. The van der Waals surface area contributed by atoms with E-state index in [-0.39, 0.29) is 37.4 Å². The van der Waals surface area contributed by atoms with Crippen LogP contribution in [0.1, 0.15) is 52.2 Å². The zero-order valence-corrected chi connectivity index (χ0v) is 26.6. The molecule has 0 radical (unpaired) electrons. The number of carbonyl (C=O) groups is 4. The summed E-state index contributed by atoms with van der Waals surface area (Å²) in [6, 6.07) is 6.20. The Morgan fingerprint density at radius 2 is 1.69 bits per heavy atom. The maximum atomic E-state index is 14.4. The lowest BCUT2D eigenvalue weighted by atomic mass is 10.0. The van der Waals surface area contributed by atoms with Crippen molar-refractivity contribution in [2.45, 2.75) is 77.1 Å². The summed E-state index contributed by atoms with van der Waals surface area (Å²) in [6.07, 6.45) is -1.57. The van der Waals surface area contributed by atoms with E-state index in [1.54, 1.807) is 58.9 Å². The van der Waals surface area contributed by atoms with Gasteiger partial charge < -0.3 is 30.7 Å². The van der Waals surface area contributed by atoms with E-state index in [1.165, 1.54) is 16.7 Å². The number of thioether (sulfide) groups is 1. The first-order valence-corrected chi connectivity index (χ1v) is 15.5. The fraction of sp³-hybridized carbons (Fsp3) is 0.484. The third-order valence-corrected chi connectivity index (χ3v) is 8.01. The number of nitrogens with one attached hydrogen (secondary N) is 3. The molecular formula is C31H39F3N4O6S. The van der Waals surface area contributed by atoms with Gasteiger partial charge in [-0.15, -0.1) is 11.8 Å². The molecule has 2 aromatic carbocycles. The lowest BCUT2D eigenvalue weighted by Crippen LogP contribution is -2.48. The summed E-state index contributed by atoms with van der Waals surface area (Å²) in [6.45, 7) is 8.92. The fourth-order valence-corrected chi connectivity index (χ4v) is 5.76. The number of carbonyl (C=O) groups excluding carboxylic acids is 3. The second-order valence-corrected chi connectivity index (χ2v) is 13.2. The van der Waals surface area contributed by atoms with Gasteiger partial charge >= 0.3 is 12.1 Å². The number of hydrogen-bond donors (Lipinski definition) is 4. The van der Waals surface area contributed by atoms with Gasteiger partial charge in [-0.25, -0.2) is 22.8 Å². The highest BCUT2D eigenvalue weighted by Gasteiger charge is 2.36. The Morgan fingerprint density at radius 3 is 2.29 bits per heavy atom. The number of carboxylic acids is 1. The van der Waals surface area contributed by atoms with E-state index < -0.39 is 64.4 Å². The van der Waals surface area contributed by atoms with Gasteiger partial charge in [0.2, 0.25) is 5.91 Å². The minimum atomic E-state index is -1.36. The van der Waals surface area contributed by atoms with Crippen LogP contribution in [-0.4, -0.2) is 69.2 Å². The monoisotopic (exact) mass is 652 g/mol. The Morgan fingerprint density at radius 1 is 1.04 bits per heavy atom. The summed E-state index contributed by atoms with van der Waals surface area (Å²) >= 11 is 1.26. The zero-order chi connectivity index (χ0) is 33.5. The minimum Gasteiger partial charge on any atom is -0.480 e. The van der Waals surface area contributed by atoms with Crippen LogP contribution < -0.4 is 16.0 Å². The number of nitrogens with zero attached hydrogens (tertiary/aromatic N) is 1. The highest BCUT2D eigenvalue weighted by atomic mass is 32.2. The molecule has 0 saturated carbocycles. The Balaban J connectivity index is 1.65. The van der Waals surface area contributed by atoms with Gasteiger partial charge in [-0.1, -0.05) is 26.0 Å². The highest BCUT2D eigenvalue weighted by molar-refractivity contribution is 8.00. The van der Waals surface area contributed by atoms with Crippen LogP contribution in [0.3, 0.4) is 0 Å². The number of aliphatic carboxylic acids is 1. The molecule has 10 nitrogen and oxygen atoms in total. The van der Waals surface area contributed by atoms with Crippen LogP contribution in [0.5, 0.6) is 0 Å². The van der Waals surface area contributed by atoms with Crippen molar-refractivity contribution in [3.8, 4) is 0 Å². The van der Waals surface area contributed by atoms with Crippen LogP contribution in [0, 0.1) is 23.4 Å². The van der Waals surface area contributed by atoms with Crippen LogP contribution >= 0.6 is 11.8 Å². The van der Waals surface area contributed by atoms with Gasteiger partial charge in [0.1, 0.15) is 17.5 Å². The van der Waals surface area contributed by atoms with Crippen LogP contribution in [0.4, 0.5) is 23.7 Å². The summed E-state index contributed by atoms with van der Waals surface area (Å²) in [5, 5.41) is 16.8. The van der Waals surface area contributed by atoms with Crippen LogP contribution in [0.25, 0.3) is 0 Å². The maximum absolute atomic E-state index is 14.4. The SMILES string of the molecule is CC(C)[C@@H](Nc1ccc(CNC(=O)[C@@H]2SCCN2C(=O)C[C@@H](Cc2cc(F)c(F)cc2F)NC(=O)OC(C)(C)C)cc1)C(=O)O. The van der Waals surface area contributed by atoms with Crippen molar-refractivity contribution in [3.05, 3.63) is 65.0 Å². The summed E-state index contributed by atoms with van der Waals surface area (Å²) in [5.41, 5.74) is 0.261. The van der Waals surface area contributed by atoms with Crippen molar-refractivity contribution >= 4 is 41.3 Å². The zero-order valence-electron chi connectivity index (χ0n) is 25.8. The van der Waals surface area contributed by atoms with Crippen LogP contribution in [0.15, 0.2) is 36.4 Å². The van der Waals surface area contributed by atoms with E-state index in [0.29, 0.717) is 23.6 Å². The molecule has 14 heteroatoms. The van der Waals surface area contributed by atoms with Crippen LogP contribution in [-0.2, 0) is 32.1 Å². The standard InChI is InChI=1S/C31H39F3N4O6S/c1-17(2)26(29(41)42)36-20-8-6-18(7-9-20)16-35-27(40)28-38(10-11-45-28)25(39)14-21(37-30(43)44-31(3,4)5)12-19-13-23(33)24(34)15-22(19)32/h6-9,13,15,17,21,26,28,36H,10-12,14,16H2,1-5H3,(H,35,40)(H,37,43)(H,41,42)/t21-,26-,28+/m1/s1. The Labute approximate surface area is 264 Å². The molecule has 1 aliphatic rings. The first kappa shape index (κ1) is 35.5. The molecule has 3 amide bonds. The third kappa shape index (κ3) is 10.6. The van der Waals surface area contributed by atoms with E-state index in [2.05, 4.69) is 16.0 Å². The molecule has 1 heterocycles. The summed E-state index contributed by atoms with van der Waals surface area (Å²) in [7, 11) is 0. The number of rotatable bonds is 12. The average molecular weight is 653 g/mol. The number of ether oxygens (including phenoxy) is 1. The predicted molar refractivity (Wildman–Crippen MR) is 164 cm³/mol. The van der Waals surface area contributed by atoms with E-state index in [0.717, 1.165) is 5.56 Å². The molecule has 0 bridgehead atoms. The first-order valence-electron chi connectivity index (χ1n) is 14.4. The number of halogens is 3. The number of alkyl carbamates (subject to hydrolysis) is 1. The largest absolute Gasteiger partial charge is 0.480 e. The molecule has 0 aliphatic carbocycles. The smallest absolute Gasteiger partial charge is 0.407 e. The number of anilines is 1. The number of carboxylic acid groups (broad SMARTS) is 1. The molecule has 246 valence electrons. The Bertz CT molecular complexity index is 1390. The predicted octanol–water partition coefficient (Wildman–Crippen LogP) is 4.67. The Kier molecular flexibility index (Phi) is 12.1. The van der Waals surface area contributed by atoms with Crippen molar-refractivity contribution in [2.24, 2.45) is 5.92 Å². The molecule has 2 aromatic rings. The molecule has 45 heavy (non-hydrogen) atoms. The number of benzene rings is 2. The summed E-state index contributed by atoms with van der Waals surface area (Å²) in [4.78, 5) is 51.8. The lowest BCUT2D eigenvalue weighted by molar-refractivity contribution is -0.139. The van der Waals surface area contributed by atoms with Gasteiger partial charge in [-0.2, -0.15) is 0 Å². The van der Waals surface area contributed by atoms with Crippen molar-refractivity contribution in [2.75, 3.05) is 17.6 Å². The van der Waals surface area contributed by atoms with Gasteiger partial charge in [-0.05, 0) is 62.4 Å². The number of hydrogen-bond acceptors (Lipinski definition) is 7. The van der Waals surface area contributed by atoms with E-state index >= 15 is 0 Å². The van der Waals surface area contributed by atoms with Crippen molar-refractivity contribution in [1.82, 2.24) is 15.5 Å². The normalized spacial score (nSPS) is 16.2. The molecule has 3 rings (SSSR count). The third-order valence-electron chi connectivity index (χ3n) is 6.81. The Hall–Kier alpha value is -3.94. The van der Waals surface area contributed by atoms with E-state index in [4.69, 9.17) is 4.74 Å². The van der Waals surface area contributed by atoms with Gasteiger partial charge in [0.25, 0.3) is 5.91 Å². The summed E-state index contributed by atoms with van der Waals surface area (Å²) in [5.74, 6) is -5.20. The second-order valence-electron chi connectivity index (χ2n) is 12.0. The molecule has 0 spiro atoms. The van der Waals surface area contributed by atoms with Crippen molar-refractivity contribution in [1.29, 1.82) is 0 Å². The fourth-order valence-electron chi connectivity index (χ4n) is 4.59. The van der Waals surface area contributed by atoms with E-state index in [9.17, 15) is 37.5 Å². The quantitative estimate of drug-likeness (QED) is 0.243. The van der Waals surface area contributed by atoms with Gasteiger partial charge in [0, 0.05) is 43.1 Å².